The fraction of sp³-hybridized carbons (Fsp3) is 0.529. The summed E-state index contributed by atoms with van der Waals surface area (Å²) in [4.78, 5) is 10.5. The molecule has 22 heavy (non-hydrogen) atoms. The van der Waals surface area contributed by atoms with Crippen LogP contribution in [0, 0.1) is 11.7 Å². The largest absolute Gasteiger partial charge is 0.485 e. The minimum absolute atomic E-state index is 0.114. The van der Waals surface area contributed by atoms with E-state index >= 15 is 0 Å². The number of benzene rings is 1. The minimum atomic E-state index is -2.29. The molecule has 5 heteroatoms. The molecule has 122 valence electrons. The molecule has 0 unspecified atom stereocenters. The van der Waals surface area contributed by atoms with Gasteiger partial charge in [-0.05, 0) is 55.4 Å². The summed E-state index contributed by atoms with van der Waals surface area (Å²) < 4.78 is 19.2. The lowest BCUT2D eigenvalue weighted by atomic mass is 9.89. The molecule has 0 aromatic heterocycles. The van der Waals surface area contributed by atoms with Gasteiger partial charge in [0.1, 0.15) is 17.7 Å². The summed E-state index contributed by atoms with van der Waals surface area (Å²) in [6, 6.07) is 4.53. The van der Waals surface area contributed by atoms with Crippen LogP contribution in [0.5, 0.6) is 5.75 Å². The maximum atomic E-state index is 13.2. The Hall–Kier alpha value is -1.17. The molecule has 0 amide bonds. The Kier molecular flexibility index (Phi) is 4.80. The average molecular weight is 323 g/mol. The van der Waals surface area contributed by atoms with E-state index in [4.69, 9.17) is 10.5 Å². The lowest BCUT2D eigenvalue weighted by Gasteiger charge is -2.39. The van der Waals surface area contributed by atoms with Crippen LogP contribution >= 0.6 is 0 Å². The zero-order valence-electron chi connectivity index (χ0n) is 13.8. The van der Waals surface area contributed by atoms with Crippen LogP contribution < -0.4 is 10.5 Å². The fourth-order valence-corrected chi connectivity index (χ4v) is 3.40. The van der Waals surface area contributed by atoms with E-state index in [-0.39, 0.29) is 22.9 Å². The molecule has 0 spiro atoms. The zero-order chi connectivity index (χ0) is 16.5. The summed E-state index contributed by atoms with van der Waals surface area (Å²) in [5, 5.41) is -0.155. The van der Waals surface area contributed by atoms with E-state index in [0.29, 0.717) is 12.3 Å². The number of hydrogen-bond acceptors (Lipinski definition) is 3. The number of ether oxygens (including phenoxy) is 1. The molecule has 1 aromatic carbocycles. The Morgan fingerprint density at radius 1 is 1.41 bits per heavy atom. The zero-order valence-corrected chi connectivity index (χ0v) is 14.8. The van der Waals surface area contributed by atoms with Gasteiger partial charge in [-0.3, -0.25) is 0 Å². The standard InChI is InChI=1S/C17H26FNO2Si/c1-17(2,22(3,4)20)10-13(11-19)16-7-5-12-9-14(18)6-8-15(12)21-16/h5-9,13,16,20H,10-11,19H2,1-4H3/t13-,16-/m1/s1. The van der Waals surface area contributed by atoms with Crippen molar-refractivity contribution in [3.63, 3.8) is 0 Å². The predicted molar refractivity (Wildman–Crippen MR) is 90.8 cm³/mol. The Balaban J connectivity index is 2.16. The average Bonchev–Trinajstić information content (AvgIpc) is 2.43. The normalized spacial score (nSPS) is 19.5. The molecule has 3 N–H and O–H groups in total. The van der Waals surface area contributed by atoms with E-state index in [1.165, 1.54) is 12.1 Å². The molecular formula is C17H26FNO2Si. The van der Waals surface area contributed by atoms with Gasteiger partial charge >= 0.3 is 0 Å². The molecule has 3 nitrogen and oxygen atoms in total. The van der Waals surface area contributed by atoms with Gasteiger partial charge in [0.25, 0.3) is 0 Å². The van der Waals surface area contributed by atoms with Crippen LogP contribution in [0.3, 0.4) is 0 Å². The minimum Gasteiger partial charge on any atom is -0.485 e. The van der Waals surface area contributed by atoms with Crippen molar-refractivity contribution in [2.45, 2.75) is 44.5 Å². The third-order valence-corrected chi connectivity index (χ3v) is 8.41. The van der Waals surface area contributed by atoms with Gasteiger partial charge in [-0.25, -0.2) is 4.39 Å². The van der Waals surface area contributed by atoms with Crippen molar-refractivity contribution in [3.05, 3.63) is 35.7 Å². The summed E-state index contributed by atoms with van der Waals surface area (Å²) in [6.45, 7) is 8.58. The first-order valence-electron chi connectivity index (χ1n) is 7.71. The highest BCUT2D eigenvalue weighted by Crippen LogP contribution is 2.43. The van der Waals surface area contributed by atoms with Gasteiger partial charge in [-0.2, -0.15) is 0 Å². The van der Waals surface area contributed by atoms with Crippen LogP contribution in [0.2, 0.25) is 18.1 Å². The first-order chi connectivity index (χ1) is 10.1. The molecular weight excluding hydrogens is 297 g/mol. The van der Waals surface area contributed by atoms with Crippen LogP contribution in [0.1, 0.15) is 25.8 Å². The van der Waals surface area contributed by atoms with Crippen molar-refractivity contribution in [3.8, 4) is 5.75 Å². The predicted octanol–water partition coefficient (Wildman–Crippen LogP) is 3.54. The van der Waals surface area contributed by atoms with E-state index in [1.807, 2.05) is 25.2 Å². The fourth-order valence-electron chi connectivity index (χ4n) is 2.63. The molecule has 0 aliphatic carbocycles. The van der Waals surface area contributed by atoms with Crippen molar-refractivity contribution in [2.24, 2.45) is 11.7 Å². The third-order valence-electron chi connectivity index (χ3n) is 4.90. The van der Waals surface area contributed by atoms with Crippen LogP contribution in [-0.2, 0) is 0 Å². The van der Waals surface area contributed by atoms with Crippen molar-refractivity contribution in [2.75, 3.05) is 6.54 Å². The number of fused-ring (bicyclic) bond motifs is 1. The van der Waals surface area contributed by atoms with Gasteiger partial charge in [0, 0.05) is 11.5 Å². The molecule has 2 rings (SSSR count). The monoisotopic (exact) mass is 323 g/mol. The Bertz CT molecular complexity index is 566. The van der Waals surface area contributed by atoms with Crippen LogP contribution in [-0.4, -0.2) is 25.8 Å². The number of rotatable bonds is 5. The van der Waals surface area contributed by atoms with Crippen molar-refractivity contribution in [1.29, 1.82) is 0 Å². The Labute approximate surface area is 133 Å². The summed E-state index contributed by atoms with van der Waals surface area (Å²) in [6.07, 6.45) is 4.49. The van der Waals surface area contributed by atoms with E-state index in [1.54, 1.807) is 6.07 Å². The quantitative estimate of drug-likeness (QED) is 0.815. The molecule has 2 atom stereocenters. The summed E-state index contributed by atoms with van der Waals surface area (Å²) >= 11 is 0. The second-order valence-corrected chi connectivity index (χ2v) is 11.7. The molecule has 1 aliphatic rings. The molecule has 0 fully saturated rings. The molecule has 0 radical (unpaired) electrons. The second-order valence-electron chi connectivity index (χ2n) is 7.27. The summed E-state index contributed by atoms with van der Waals surface area (Å²) in [7, 11) is -2.29. The maximum absolute atomic E-state index is 13.2. The van der Waals surface area contributed by atoms with Gasteiger partial charge < -0.3 is 15.3 Å². The van der Waals surface area contributed by atoms with Crippen molar-refractivity contribution < 1.29 is 13.9 Å². The highest BCUT2D eigenvalue weighted by molar-refractivity contribution is 6.72. The van der Waals surface area contributed by atoms with E-state index in [9.17, 15) is 9.19 Å². The topological polar surface area (TPSA) is 55.5 Å². The first-order valence-corrected chi connectivity index (χ1v) is 10.7. The molecule has 0 saturated heterocycles. The Morgan fingerprint density at radius 3 is 2.68 bits per heavy atom. The van der Waals surface area contributed by atoms with E-state index in [0.717, 1.165) is 12.0 Å². The second kappa shape index (κ2) is 6.14. The summed E-state index contributed by atoms with van der Waals surface area (Å²) in [5.74, 6) is 0.532. The molecule has 1 aliphatic heterocycles. The van der Waals surface area contributed by atoms with Crippen LogP contribution in [0.15, 0.2) is 24.3 Å². The van der Waals surface area contributed by atoms with Gasteiger partial charge in [-0.1, -0.05) is 19.9 Å². The molecule has 1 heterocycles. The molecule has 0 saturated carbocycles. The SMILES string of the molecule is CC(C)(C[C@H](CN)[C@H]1C=Cc2cc(F)ccc2O1)[Si](C)(C)O. The van der Waals surface area contributed by atoms with Gasteiger partial charge in [0.15, 0.2) is 8.32 Å². The van der Waals surface area contributed by atoms with Crippen LogP contribution in [0.4, 0.5) is 4.39 Å². The van der Waals surface area contributed by atoms with Crippen LogP contribution in [0.25, 0.3) is 6.08 Å². The van der Waals surface area contributed by atoms with Crippen molar-refractivity contribution in [1.82, 2.24) is 0 Å². The van der Waals surface area contributed by atoms with Crippen molar-refractivity contribution >= 4 is 14.4 Å². The number of hydrogen-bond donors (Lipinski definition) is 2. The van der Waals surface area contributed by atoms with E-state index < -0.39 is 8.32 Å². The van der Waals surface area contributed by atoms with Gasteiger partial charge in [-0.15, -0.1) is 0 Å². The third kappa shape index (κ3) is 3.59. The summed E-state index contributed by atoms with van der Waals surface area (Å²) in [5.41, 5.74) is 6.71. The number of halogens is 1. The lowest BCUT2D eigenvalue weighted by molar-refractivity contribution is 0.161. The number of nitrogens with two attached hydrogens (primary N) is 1. The maximum Gasteiger partial charge on any atom is 0.188 e. The molecule has 1 aromatic rings. The molecule has 0 bridgehead atoms. The van der Waals surface area contributed by atoms with E-state index in [2.05, 4.69) is 13.8 Å². The highest BCUT2D eigenvalue weighted by Gasteiger charge is 2.41. The Morgan fingerprint density at radius 2 is 2.09 bits per heavy atom. The lowest BCUT2D eigenvalue weighted by Crippen LogP contribution is -2.43. The smallest absolute Gasteiger partial charge is 0.188 e. The highest BCUT2D eigenvalue weighted by atomic mass is 28.4. The van der Waals surface area contributed by atoms with Gasteiger partial charge in [0.05, 0.1) is 0 Å². The van der Waals surface area contributed by atoms with Gasteiger partial charge in [0.2, 0.25) is 0 Å². The first kappa shape index (κ1) is 17.2.